The van der Waals surface area contributed by atoms with Gasteiger partial charge in [0.25, 0.3) is 0 Å². The van der Waals surface area contributed by atoms with Gasteiger partial charge in [-0.15, -0.1) is 0 Å². The van der Waals surface area contributed by atoms with Gasteiger partial charge in [-0.1, -0.05) is 127 Å². The smallest absolute Gasteiger partial charge is 0.161 e. The number of rotatable bonds is 6. The van der Waals surface area contributed by atoms with Crippen LogP contribution in [0, 0.1) is 0 Å². The molecule has 0 unspecified atom stereocenters. The average molecular weight is 657 g/mol. The minimum Gasteiger partial charge on any atom is -0.456 e. The van der Waals surface area contributed by atoms with Gasteiger partial charge >= 0.3 is 0 Å². The molecule has 0 amide bonds. The molecule has 9 aromatic rings. The molecule has 2 heterocycles. The van der Waals surface area contributed by atoms with E-state index in [2.05, 4.69) is 119 Å². The quantitative estimate of drug-likeness (QED) is 0.130. The molecule has 0 spiro atoms. The Bertz CT molecular complexity index is 2790. The van der Waals surface area contributed by atoms with Gasteiger partial charge in [-0.2, -0.15) is 0 Å². The van der Waals surface area contributed by atoms with Crippen LogP contribution in [0.4, 0.5) is 0 Å². The Balaban J connectivity index is 1.20. The number of amidine groups is 2. The summed E-state index contributed by atoms with van der Waals surface area (Å²) in [6.07, 6.45) is 0. The van der Waals surface area contributed by atoms with Gasteiger partial charge in [0.05, 0.1) is 17.6 Å². The van der Waals surface area contributed by atoms with Crippen LogP contribution in [0.25, 0.3) is 60.6 Å². The fraction of sp³-hybridized carbons (Fsp3) is 0.0217. The summed E-state index contributed by atoms with van der Waals surface area (Å²) in [5.41, 5.74) is 10.2. The van der Waals surface area contributed by atoms with E-state index in [0.29, 0.717) is 18.2 Å². The second kappa shape index (κ2) is 12.9. The van der Waals surface area contributed by atoms with E-state index in [1.807, 2.05) is 66.7 Å². The summed E-state index contributed by atoms with van der Waals surface area (Å²) < 4.78 is 8.56. The average Bonchev–Trinajstić information content (AvgIpc) is 3.74. The second-order valence-electron chi connectivity index (χ2n) is 12.5. The molecular formula is C46H32N4O. The molecule has 0 radical (unpaired) electrons. The van der Waals surface area contributed by atoms with Crippen molar-refractivity contribution in [3.8, 4) is 16.8 Å². The Kier molecular flexibility index (Phi) is 7.63. The molecule has 0 aliphatic heterocycles. The Morgan fingerprint density at radius 3 is 2.08 bits per heavy atom. The molecule has 51 heavy (non-hydrogen) atoms. The third kappa shape index (κ3) is 5.51. The van der Waals surface area contributed by atoms with Crippen LogP contribution in [0.15, 0.2) is 189 Å². The van der Waals surface area contributed by atoms with Crippen molar-refractivity contribution in [1.82, 2.24) is 4.57 Å². The summed E-state index contributed by atoms with van der Waals surface area (Å²) in [6.45, 7) is 4.33. The number of aromatic nitrogens is 1. The lowest BCUT2D eigenvalue weighted by atomic mass is 9.98. The number of nitrogens with zero attached hydrogens (tertiary/aromatic N) is 4. The number of hydrogen-bond donors (Lipinski definition) is 0. The van der Waals surface area contributed by atoms with Crippen molar-refractivity contribution in [2.24, 2.45) is 15.0 Å². The van der Waals surface area contributed by atoms with Gasteiger partial charge in [0, 0.05) is 38.4 Å². The molecule has 0 aliphatic carbocycles. The molecule has 242 valence electrons. The van der Waals surface area contributed by atoms with Crippen LogP contribution < -0.4 is 0 Å². The molecule has 0 saturated heterocycles. The first-order valence-electron chi connectivity index (χ1n) is 17.0. The minimum atomic E-state index is 0.486. The monoisotopic (exact) mass is 656 g/mol. The second-order valence-corrected chi connectivity index (χ2v) is 12.5. The van der Waals surface area contributed by atoms with Crippen LogP contribution in [0.2, 0.25) is 0 Å². The van der Waals surface area contributed by atoms with E-state index in [-0.39, 0.29) is 0 Å². The molecule has 5 nitrogen and oxygen atoms in total. The van der Waals surface area contributed by atoms with Crippen molar-refractivity contribution >= 4 is 62.1 Å². The zero-order valence-corrected chi connectivity index (χ0v) is 27.8. The first kappa shape index (κ1) is 30.2. The Morgan fingerprint density at radius 1 is 0.549 bits per heavy atom. The van der Waals surface area contributed by atoms with E-state index in [9.17, 15) is 0 Å². The van der Waals surface area contributed by atoms with Gasteiger partial charge in [-0.05, 0) is 65.9 Å². The van der Waals surface area contributed by atoms with Crippen molar-refractivity contribution in [2.75, 3.05) is 0 Å². The highest BCUT2D eigenvalue weighted by molar-refractivity contribution is 6.16. The molecule has 0 fully saturated rings. The van der Waals surface area contributed by atoms with Gasteiger partial charge in [0.1, 0.15) is 11.2 Å². The van der Waals surface area contributed by atoms with Crippen LogP contribution in [0.5, 0.6) is 0 Å². The Morgan fingerprint density at radius 2 is 1.24 bits per heavy atom. The molecule has 0 N–H and O–H groups in total. The minimum absolute atomic E-state index is 0.486. The van der Waals surface area contributed by atoms with Crippen molar-refractivity contribution in [3.05, 3.63) is 187 Å². The van der Waals surface area contributed by atoms with E-state index in [4.69, 9.17) is 14.4 Å². The number of furan rings is 1. The van der Waals surface area contributed by atoms with Gasteiger partial charge in [0.15, 0.2) is 11.7 Å². The summed E-state index contributed by atoms with van der Waals surface area (Å²) in [6, 6.07) is 58.5. The third-order valence-corrected chi connectivity index (χ3v) is 9.40. The molecule has 0 atom stereocenters. The predicted molar refractivity (Wildman–Crippen MR) is 213 cm³/mol. The normalized spacial score (nSPS) is 12.3. The predicted octanol–water partition coefficient (Wildman–Crippen LogP) is 11.4. The number of para-hydroxylation sites is 2. The first-order valence-corrected chi connectivity index (χ1v) is 17.0. The zero-order valence-electron chi connectivity index (χ0n) is 27.8. The maximum Gasteiger partial charge on any atom is 0.161 e. The fourth-order valence-corrected chi connectivity index (χ4v) is 7.04. The third-order valence-electron chi connectivity index (χ3n) is 9.40. The Labute approximate surface area is 295 Å². The topological polar surface area (TPSA) is 55.1 Å². The van der Waals surface area contributed by atoms with Crippen molar-refractivity contribution in [1.29, 1.82) is 0 Å². The van der Waals surface area contributed by atoms with Gasteiger partial charge < -0.3 is 8.98 Å². The number of hydrogen-bond acceptors (Lipinski definition) is 2. The maximum atomic E-state index is 6.23. The molecule has 7 aromatic carbocycles. The lowest BCUT2D eigenvalue weighted by Crippen LogP contribution is -2.06. The molecule has 0 bridgehead atoms. The lowest BCUT2D eigenvalue weighted by molar-refractivity contribution is 0.669. The summed E-state index contributed by atoms with van der Waals surface area (Å²) in [4.78, 5) is 14.3. The molecule has 5 heteroatoms. The maximum absolute atomic E-state index is 6.23. The van der Waals surface area contributed by atoms with E-state index in [1.54, 1.807) is 0 Å². The Hall–Kier alpha value is -6.85. The van der Waals surface area contributed by atoms with Crippen molar-refractivity contribution < 1.29 is 4.42 Å². The molecule has 0 aliphatic rings. The number of aliphatic imine (C=N–C) groups is 3. The van der Waals surface area contributed by atoms with Crippen LogP contribution in [0.3, 0.4) is 0 Å². The van der Waals surface area contributed by atoms with Crippen LogP contribution in [-0.2, 0) is 6.54 Å². The summed E-state index contributed by atoms with van der Waals surface area (Å²) in [5.74, 6) is 1.12. The van der Waals surface area contributed by atoms with Gasteiger partial charge in [-0.3, -0.25) is 4.99 Å². The molecular weight excluding hydrogens is 625 g/mol. The van der Waals surface area contributed by atoms with E-state index < -0.39 is 0 Å². The standard InChI is InChI=1S/C46H32N4O/c1-47-45(32-16-6-3-7-17-32)49-46(48-30-31-14-4-2-5-15-31)34-18-12-19-35(28-34)50-40-23-10-8-20-37(40)39-29-33(26-27-41(39)50)36-22-13-25-43-44(36)38-21-9-11-24-42(38)51-43/h2-29H,1,30H2/b48-46-,49-45-. The van der Waals surface area contributed by atoms with E-state index >= 15 is 0 Å². The van der Waals surface area contributed by atoms with Gasteiger partial charge in [0.2, 0.25) is 0 Å². The lowest BCUT2D eigenvalue weighted by Gasteiger charge is -2.11. The molecule has 9 rings (SSSR count). The van der Waals surface area contributed by atoms with Gasteiger partial charge in [-0.25, -0.2) is 9.98 Å². The largest absolute Gasteiger partial charge is 0.456 e. The highest BCUT2D eigenvalue weighted by Gasteiger charge is 2.17. The summed E-state index contributed by atoms with van der Waals surface area (Å²) in [7, 11) is 0. The fourth-order valence-electron chi connectivity index (χ4n) is 7.04. The highest BCUT2D eigenvalue weighted by atomic mass is 16.3. The van der Waals surface area contributed by atoms with Crippen LogP contribution in [-0.4, -0.2) is 23.0 Å². The first-order chi connectivity index (χ1) is 25.2. The van der Waals surface area contributed by atoms with Crippen LogP contribution >= 0.6 is 0 Å². The molecule has 2 aromatic heterocycles. The molecule has 0 saturated carbocycles. The number of fused-ring (bicyclic) bond motifs is 6. The van der Waals surface area contributed by atoms with E-state index in [1.165, 1.54) is 10.8 Å². The summed E-state index contributed by atoms with van der Waals surface area (Å²) >= 11 is 0. The highest BCUT2D eigenvalue weighted by Crippen LogP contribution is 2.40. The van der Waals surface area contributed by atoms with Crippen molar-refractivity contribution in [3.63, 3.8) is 0 Å². The van der Waals surface area contributed by atoms with Crippen molar-refractivity contribution in [2.45, 2.75) is 6.54 Å². The SMILES string of the molecule is C=N/C(=N\C(=N/Cc1ccccc1)c1cccc(-n2c3ccccc3c3cc(-c4cccc5oc6ccccc6c45)ccc32)c1)c1ccccc1. The zero-order chi connectivity index (χ0) is 34.1. The van der Waals surface area contributed by atoms with E-state index in [0.717, 1.165) is 66.5 Å². The number of benzene rings is 7. The summed E-state index contributed by atoms with van der Waals surface area (Å²) in [5, 5.41) is 4.62. The van der Waals surface area contributed by atoms with Crippen LogP contribution in [0.1, 0.15) is 16.7 Å².